The van der Waals surface area contributed by atoms with E-state index in [-0.39, 0.29) is 24.0 Å². The van der Waals surface area contributed by atoms with Crippen molar-refractivity contribution in [3.05, 3.63) is 78.4 Å². The molecule has 1 fully saturated rings. The van der Waals surface area contributed by atoms with Gasteiger partial charge in [-0.3, -0.25) is 4.99 Å². The molecule has 1 aliphatic rings. The summed E-state index contributed by atoms with van der Waals surface area (Å²) in [5, 5.41) is 3.53. The minimum atomic E-state index is 0. The number of anilines is 1. The predicted octanol–water partition coefficient (Wildman–Crippen LogP) is 3.50. The molecule has 33 heavy (non-hydrogen) atoms. The number of nitrogens with one attached hydrogen (secondary N) is 1. The molecular formula is C25H33IN6O. The Hall–Kier alpha value is -2.75. The van der Waals surface area contributed by atoms with Crippen molar-refractivity contribution in [3.63, 3.8) is 0 Å². The number of aliphatic imine (C=N–C) groups is 1. The fourth-order valence-corrected chi connectivity index (χ4v) is 4.09. The van der Waals surface area contributed by atoms with Crippen LogP contribution >= 0.6 is 24.0 Å². The van der Waals surface area contributed by atoms with Crippen LogP contribution in [0.1, 0.15) is 11.4 Å². The van der Waals surface area contributed by atoms with Gasteiger partial charge in [-0.2, -0.15) is 0 Å². The fraction of sp³-hybridized carbons (Fsp3) is 0.360. The summed E-state index contributed by atoms with van der Waals surface area (Å²) >= 11 is 0. The number of benzene rings is 2. The smallest absolute Gasteiger partial charge is 0.193 e. The third-order valence-corrected chi connectivity index (χ3v) is 5.84. The molecular weight excluding hydrogens is 527 g/mol. The summed E-state index contributed by atoms with van der Waals surface area (Å²) in [7, 11) is 3.56. The summed E-state index contributed by atoms with van der Waals surface area (Å²) in [5.74, 6) is 2.93. The number of halogens is 1. The molecule has 2 aromatic carbocycles. The first kappa shape index (κ1) is 24.9. The maximum absolute atomic E-state index is 5.37. The molecule has 1 aromatic heterocycles. The average Bonchev–Trinajstić information content (AvgIpc) is 3.29. The topological polar surface area (TPSA) is 57.9 Å². The van der Waals surface area contributed by atoms with E-state index in [9.17, 15) is 0 Å². The average molecular weight is 560 g/mol. The van der Waals surface area contributed by atoms with E-state index in [4.69, 9.17) is 4.74 Å². The number of ether oxygens (including phenoxy) is 1. The number of piperazine rings is 1. The van der Waals surface area contributed by atoms with Crippen LogP contribution in [0, 0.1) is 0 Å². The molecule has 8 heteroatoms. The van der Waals surface area contributed by atoms with Crippen LogP contribution in [0.15, 0.2) is 72.0 Å². The van der Waals surface area contributed by atoms with Gasteiger partial charge in [-0.25, -0.2) is 4.98 Å². The van der Waals surface area contributed by atoms with Crippen LogP contribution < -0.4 is 15.0 Å². The van der Waals surface area contributed by atoms with Crippen molar-refractivity contribution in [2.24, 2.45) is 4.99 Å². The van der Waals surface area contributed by atoms with Gasteiger partial charge in [0.1, 0.15) is 11.6 Å². The van der Waals surface area contributed by atoms with Crippen LogP contribution in [-0.2, 0) is 13.0 Å². The molecule has 0 atom stereocenters. The number of hydrogen-bond acceptors (Lipinski definition) is 4. The highest BCUT2D eigenvalue weighted by Crippen LogP contribution is 2.22. The Kier molecular flexibility index (Phi) is 9.41. The molecule has 0 unspecified atom stereocenters. The summed E-state index contributed by atoms with van der Waals surface area (Å²) in [6, 6.07) is 18.8. The Bertz CT molecular complexity index is 1010. The van der Waals surface area contributed by atoms with Crippen LogP contribution in [0.4, 0.5) is 5.69 Å². The van der Waals surface area contributed by atoms with Gasteiger partial charge in [0, 0.05) is 76.9 Å². The lowest BCUT2D eigenvalue weighted by Gasteiger charge is -2.37. The number of rotatable bonds is 7. The van der Waals surface area contributed by atoms with E-state index in [1.807, 2.05) is 31.4 Å². The van der Waals surface area contributed by atoms with Gasteiger partial charge >= 0.3 is 0 Å². The van der Waals surface area contributed by atoms with Crippen molar-refractivity contribution in [3.8, 4) is 5.75 Å². The van der Waals surface area contributed by atoms with Gasteiger partial charge in [0.2, 0.25) is 0 Å². The summed E-state index contributed by atoms with van der Waals surface area (Å²) in [5.41, 5.74) is 2.49. The van der Waals surface area contributed by atoms with E-state index in [2.05, 4.69) is 72.3 Å². The molecule has 1 N–H and O–H groups in total. The van der Waals surface area contributed by atoms with Gasteiger partial charge < -0.3 is 24.4 Å². The number of methoxy groups -OCH3 is 1. The molecule has 0 saturated carbocycles. The first-order chi connectivity index (χ1) is 15.8. The van der Waals surface area contributed by atoms with Crippen molar-refractivity contribution in [1.82, 2.24) is 19.8 Å². The van der Waals surface area contributed by atoms with Crippen LogP contribution in [0.25, 0.3) is 0 Å². The third-order valence-electron chi connectivity index (χ3n) is 5.84. The monoisotopic (exact) mass is 560 g/mol. The van der Waals surface area contributed by atoms with E-state index >= 15 is 0 Å². The standard InChI is InChI=1S/C25H32N6O.HI/c1-26-25(30-17-15-29(16-18-30)22-9-6-10-23(19-22)32-2)28-12-11-24-27-13-14-31(24)20-21-7-4-3-5-8-21;/h3-10,13-14,19H,11-12,15-18,20H2,1-2H3,(H,26,28);1H. The van der Waals surface area contributed by atoms with E-state index in [1.54, 1.807) is 7.11 Å². The van der Waals surface area contributed by atoms with E-state index in [0.29, 0.717) is 0 Å². The first-order valence-corrected chi connectivity index (χ1v) is 11.2. The SMILES string of the molecule is CN=C(NCCc1nccn1Cc1ccccc1)N1CCN(c2cccc(OC)c2)CC1.I. The molecule has 7 nitrogen and oxygen atoms in total. The molecule has 0 spiro atoms. The molecule has 4 rings (SSSR count). The zero-order valence-corrected chi connectivity index (χ0v) is 21.7. The van der Waals surface area contributed by atoms with Crippen LogP contribution in [0.5, 0.6) is 5.75 Å². The first-order valence-electron chi connectivity index (χ1n) is 11.2. The Morgan fingerprint density at radius 2 is 1.85 bits per heavy atom. The second-order valence-corrected chi connectivity index (χ2v) is 7.86. The molecule has 176 valence electrons. The molecule has 1 saturated heterocycles. The zero-order chi connectivity index (χ0) is 22.2. The Balaban J connectivity index is 0.00000306. The van der Waals surface area contributed by atoms with Crippen LogP contribution in [0.2, 0.25) is 0 Å². The molecule has 1 aliphatic heterocycles. The molecule has 3 aromatic rings. The van der Waals surface area contributed by atoms with Crippen LogP contribution in [-0.4, -0.2) is 67.3 Å². The number of hydrogen-bond donors (Lipinski definition) is 1. The minimum absolute atomic E-state index is 0. The summed E-state index contributed by atoms with van der Waals surface area (Å²) < 4.78 is 7.58. The Morgan fingerprint density at radius 1 is 1.06 bits per heavy atom. The van der Waals surface area contributed by atoms with Gasteiger partial charge in [0.05, 0.1) is 7.11 Å². The van der Waals surface area contributed by atoms with Crippen molar-refractivity contribution in [1.29, 1.82) is 0 Å². The second kappa shape index (κ2) is 12.5. The molecule has 2 heterocycles. The largest absolute Gasteiger partial charge is 0.497 e. The quantitative estimate of drug-likeness (QED) is 0.273. The minimum Gasteiger partial charge on any atom is -0.497 e. The van der Waals surface area contributed by atoms with Gasteiger partial charge in [-0.05, 0) is 17.7 Å². The van der Waals surface area contributed by atoms with Crippen molar-refractivity contribution in [2.45, 2.75) is 13.0 Å². The second-order valence-electron chi connectivity index (χ2n) is 7.86. The number of nitrogens with zero attached hydrogens (tertiary/aromatic N) is 5. The summed E-state index contributed by atoms with van der Waals surface area (Å²) in [6.45, 7) is 5.41. The highest BCUT2D eigenvalue weighted by Gasteiger charge is 2.20. The zero-order valence-electron chi connectivity index (χ0n) is 19.4. The lowest BCUT2D eigenvalue weighted by Crippen LogP contribution is -2.52. The van der Waals surface area contributed by atoms with Gasteiger partial charge in [-0.1, -0.05) is 36.4 Å². The van der Waals surface area contributed by atoms with E-state index in [1.165, 1.54) is 11.3 Å². The Labute approximate surface area is 213 Å². The van der Waals surface area contributed by atoms with E-state index in [0.717, 1.165) is 63.2 Å². The lowest BCUT2D eigenvalue weighted by molar-refractivity contribution is 0.372. The highest BCUT2D eigenvalue weighted by molar-refractivity contribution is 14.0. The maximum Gasteiger partial charge on any atom is 0.193 e. The number of aromatic nitrogens is 2. The molecule has 0 aliphatic carbocycles. The third kappa shape index (κ3) is 6.63. The molecule has 0 amide bonds. The van der Waals surface area contributed by atoms with Crippen molar-refractivity contribution < 1.29 is 4.74 Å². The highest BCUT2D eigenvalue weighted by atomic mass is 127. The Morgan fingerprint density at radius 3 is 2.58 bits per heavy atom. The summed E-state index contributed by atoms with van der Waals surface area (Å²) in [4.78, 5) is 13.8. The fourth-order valence-electron chi connectivity index (χ4n) is 4.09. The van der Waals surface area contributed by atoms with Crippen molar-refractivity contribution >= 4 is 35.6 Å². The van der Waals surface area contributed by atoms with Crippen molar-refractivity contribution in [2.75, 3.05) is 51.8 Å². The normalized spacial score (nSPS) is 14.1. The predicted molar refractivity (Wildman–Crippen MR) is 145 cm³/mol. The van der Waals surface area contributed by atoms with E-state index < -0.39 is 0 Å². The maximum atomic E-state index is 5.37. The van der Waals surface area contributed by atoms with Gasteiger partial charge in [0.15, 0.2) is 5.96 Å². The van der Waals surface area contributed by atoms with Gasteiger partial charge in [0.25, 0.3) is 0 Å². The number of imidazole rings is 1. The lowest BCUT2D eigenvalue weighted by atomic mass is 10.2. The molecule has 0 radical (unpaired) electrons. The van der Waals surface area contributed by atoms with Gasteiger partial charge in [-0.15, -0.1) is 24.0 Å². The number of guanidine groups is 1. The molecule has 0 bridgehead atoms. The summed E-state index contributed by atoms with van der Waals surface area (Å²) in [6.07, 6.45) is 4.78. The van der Waals surface area contributed by atoms with Crippen LogP contribution in [0.3, 0.4) is 0 Å².